The summed E-state index contributed by atoms with van der Waals surface area (Å²) in [5.41, 5.74) is 7.16. The highest BCUT2D eigenvalue weighted by molar-refractivity contribution is 6.47. The second-order valence-electron chi connectivity index (χ2n) is 4.88. The smallest absolute Gasteiger partial charge is 0.462 e. The second kappa shape index (κ2) is 4.72. The maximum atomic E-state index is 10.6. The Kier molecular flexibility index (Phi) is 3.43. The van der Waals surface area contributed by atoms with Gasteiger partial charge in [-0.25, -0.2) is 0 Å². The molecule has 1 aromatic carbocycles. The van der Waals surface area contributed by atoms with Crippen LogP contribution >= 0.6 is 0 Å². The lowest BCUT2D eigenvalue weighted by molar-refractivity contribution is -0.138. The number of nitrogens with two attached hydrogens (primary N) is 1. The summed E-state index contributed by atoms with van der Waals surface area (Å²) in [5, 5.41) is 26.9. The molecule has 0 aromatic heterocycles. The van der Waals surface area contributed by atoms with Gasteiger partial charge in [0.15, 0.2) is 0 Å². The number of benzene rings is 1. The van der Waals surface area contributed by atoms with Crippen LogP contribution in [0, 0.1) is 0 Å². The lowest BCUT2D eigenvalue weighted by Crippen LogP contribution is -2.32. The van der Waals surface area contributed by atoms with Crippen molar-refractivity contribution < 1.29 is 19.9 Å². The minimum absolute atomic E-state index is 0.268. The molecule has 6 heteroatoms. The van der Waals surface area contributed by atoms with Gasteiger partial charge in [-0.05, 0) is 30.4 Å². The number of carboxylic acids is 1. The zero-order chi connectivity index (χ0) is 13.3. The number of carbonyl (C=O) groups is 1. The van der Waals surface area contributed by atoms with Gasteiger partial charge in [0, 0.05) is 5.31 Å². The summed E-state index contributed by atoms with van der Waals surface area (Å²) in [6.07, 6.45) is 1.79. The summed E-state index contributed by atoms with van der Waals surface area (Å²) in [5.74, 6) is -1.02. The van der Waals surface area contributed by atoms with Crippen LogP contribution in [-0.4, -0.2) is 34.3 Å². The number of rotatable bonds is 5. The van der Waals surface area contributed by atoms with Crippen molar-refractivity contribution in [1.29, 1.82) is 0 Å². The third-order valence-corrected chi connectivity index (χ3v) is 3.58. The third kappa shape index (κ3) is 2.41. The number of aliphatic carboxylic acids is 1. The molecular weight excluding hydrogens is 233 g/mol. The zero-order valence-corrected chi connectivity index (χ0v) is 9.91. The van der Waals surface area contributed by atoms with Crippen molar-refractivity contribution in [3.8, 4) is 0 Å². The zero-order valence-electron chi connectivity index (χ0n) is 9.91. The normalized spacial score (nSPS) is 18.2. The average Bonchev–Trinajstić information content (AvgIpc) is 3.11. The molecule has 0 bridgehead atoms. The van der Waals surface area contributed by atoms with Gasteiger partial charge in [-0.2, -0.15) is 0 Å². The van der Waals surface area contributed by atoms with Gasteiger partial charge in [0.25, 0.3) is 0 Å². The minimum atomic E-state index is -1.34. The standard InChI is InChI=1S/C12H16BNO4/c14-10(11(15)16)7-8-1-3-9(4-2-8)12(5-6-12)13(17)18/h1-4,10,17-18H,5-7,14H2,(H,15,16). The van der Waals surface area contributed by atoms with E-state index in [2.05, 4.69) is 0 Å². The van der Waals surface area contributed by atoms with E-state index in [1.54, 1.807) is 12.1 Å². The first-order valence-electron chi connectivity index (χ1n) is 5.90. The molecule has 0 radical (unpaired) electrons. The SMILES string of the molecule is NC(Cc1ccc(C2(B(O)O)CC2)cc1)C(=O)O. The van der Waals surface area contributed by atoms with E-state index in [9.17, 15) is 14.8 Å². The number of hydrogen-bond donors (Lipinski definition) is 4. The fourth-order valence-electron chi connectivity index (χ4n) is 2.14. The predicted octanol–water partition coefficient (Wildman–Crippen LogP) is -0.315. The van der Waals surface area contributed by atoms with Gasteiger partial charge in [-0.1, -0.05) is 24.3 Å². The molecule has 1 aliphatic rings. The van der Waals surface area contributed by atoms with E-state index >= 15 is 0 Å². The molecule has 96 valence electrons. The van der Waals surface area contributed by atoms with E-state index in [4.69, 9.17) is 10.8 Å². The molecule has 1 aromatic rings. The Morgan fingerprint density at radius 2 is 1.89 bits per heavy atom. The predicted molar refractivity (Wildman–Crippen MR) is 66.9 cm³/mol. The van der Waals surface area contributed by atoms with Crippen LogP contribution in [0.3, 0.4) is 0 Å². The Morgan fingerprint density at radius 3 is 2.28 bits per heavy atom. The van der Waals surface area contributed by atoms with E-state index in [1.807, 2.05) is 12.1 Å². The minimum Gasteiger partial charge on any atom is -0.480 e. The molecule has 18 heavy (non-hydrogen) atoms. The Labute approximate surface area is 105 Å². The molecule has 0 aliphatic heterocycles. The van der Waals surface area contributed by atoms with Crippen LogP contribution in [0.4, 0.5) is 0 Å². The van der Waals surface area contributed by atoms with Gasteiger partial charge >= 0.3 is 13.1 Å². The Bertz CT molecular complexity index is 442. The molecule has 1 unspecified atom stereocenters. The first-order chi connectivity index (χ1) is 8.45. The maximum absolute atomic E-state index is 10.6. The van der Waals surface area contributed by atoms with Crippen LogP contribution in [-0.2, 0) is 16.5 Å². The Balaban J connectivity index is 2.09. The molecule has 5 N–H and O–H groups in total. The van der Waals surface area contributed by atoms with Gasteiger partial charge in [-0.15, -0.1) is 0 Å². The van der Waals surface area contributed by atoms with Crippen molar-refractivity contribution in [1.82, 2.24) is 0 Å². The van der Waals surface area contributed by atoms with E-state index in [0.717, 1.165) is 24.0 Å². The van der Waals surface area contributed by atoms with E-state index < -0.39 is 24.4 Å². The first kappa shape index (κ1) is 13.1. The highest BCUT2D eigenvalue weighted by atomic mass is 16.4. The Morgan fingerprint density at radius 1 is 1.33 bits per heavy atom. The van der Waals surface area contributed by atoms with Gasteiger partial charge in [0.1, 0.15) is 6.04 Å². The summed E-state index contributed by atoms with van der Waals surface area (Å²) < 4.78 is 0. The van der Waals surface area contributed by atoms with Gasteiger partial charge in [-0.3, -0.25) is 4.79 Å². The van der Waals surface area contributed by atoms with Crippen LogP contribution in [0.1, 0.15) is 24.0 Å². The molecule has 0 spiro atoms. The molecule has 0 amide bonds. The lowest BCUT2D eigenvalue weighted by atomic mass is 9.65. The van der Waals surface area contributed by atoms with E-state index in [-0.39, 0.29) is 6.42 Å². The third-order valence-electron chi connectivity index (χ3n) is 3.58. The summed E-state index contributed by atoms with van der Waals surface area (Å²) >= 11 is 0. The molecule has 0 saturated heterocycles. The molecule has 2 rings (SSSR count). The largest absolute Gasteiger partial charge is 0.480 e. The summed E-state index contributed by atoms with van der Waals surface area (Å²) in [7, 11) is -1.34. The molecule has 5 nitrogen and oxygen atoms in total. The van der Waals surface area contributed by atoms with Crippen molar-refractivity contribution in [3.63, 3.8) is 0 Å². The fraction of sp³-hybridized carbons (Fsp3) is 0.417. The highest BCUT2D eigenvalue weighted by Gasteiger charge is 2.53. The summed E-state index contributed by atoms with van der Waals surface area (Å²) in [6.45, 7) is 0. The van der Waals surface area contributed by atoms with Crippen LogP contribution < -0.4 is 5.73 Å². The van der Waals surface area contributed by atoms with Crippen LogP contribution in [0.25, 0.3) is 0 Å². The fourth-order valence-corrected chi connectivity index (χ4v) is 2.14. The molecule has 1 fully saturated rings. The second-order valence-corrected chi connectivity index (χ2v) is 4.88. The van der Waals surface area contributed by atoms with Crippen molar-refractivity contribution in [3.05, 3.63) is 35.4 Å². The van der Waals surface area contributed by atoms with Gasteiger partial charge in [0.05, 0.1) is 0 Å². The van der Waals surface area contributed by atoms with Crippen LogP contribution in [0.15, 0.2) is 24.3 Å². The summed E-state index contributed by atoms with van der Waals surface area (Å²) in [6, 6.07) is 6.31. The van der Waals surface area contributed by atoms with E-state index in [1.165, 1.54) is 0 Å². The lowest BCUT2D eigenvalue weighted by Gasteiger charge is -2.15. The number of hydrogen-bond acceptors (Lipinski definition) is 4. The van der Waals surface area contributed by atoms with Crippen LogP contribution in [0.5, 0.6) is 0 Å². The molecule has 0 heterocycles. The van der Waals surface area contributed by atoms with Crippen molar-refractivity contribution in [2.24, 2.45) is 5.73 Å². The van der Waals surface area contributed by atoms with Crippen molar-refractivity contribution in [2.45, 2.75) is 30.6 Å². The maximum Gasteiger partial charge on any atom is 0.462 e. The van der Waals surface area contributed by atoms with Crippen LogP contribution in [0.2, 0.25) is 0 Å². The van der Waals surface area contributed by atoms with Gasteiger partial charge < -0.3 is 20.9 Å². The van der Waals surface area contributed by atoms with Gasteiger partial charge in [0.2, 0.25) is 0 Å². The number of carboxylic acid groups (broad SMARTS) is 1. The first-order valence-corrected chi connectivity index (χ1v) is 5.90. The topological polar surface area (TPSA) is 104 Å². The molecule has 1 atom stereocenters. The molecule has 1 saturated carbocycles. The van der Waals surface area contributed by atoms with Crippen molar-refractivity contribution in [2.75, 3.05) is 0 Å². The average molecular weight is 249 g/mol. The quantitative estimate of drug-likeness (QED) is 0.535. The van der Waals surface area contributed by atoms with E-state index in [0.29, 0.717) is 0 Å². The summed E-state index contributed by atoms with van der Waals surface area (Å²) in [4.78, 5) is 10.6. The molecule has 1 aliphatic carbocycles. The monoisotopic (exact) mass is 249 g/mol. The highest BCUT2D eigenvalue weighted by Crippen LogP contribution is 2.48. The Hall–Kier alpha value is -1.37. The van der Waals surface area contributed by atoms with Crippen molar-refractivity contribution >= 4 is 13.1 Å². The molecular formula is C12H16BNO4.